The van der Waals surface area contributed by atoms with Crippen LogP contribution in [0.2, 0.25) is 0 Å². The van der Waals surface area contributed by atoms with Crippen LogP contribution >= 0.6 is 0 Å². The van der Waals surface area contributed by atoms with Crippen molar-refractivity contribution < 1.29 is 31.8 Å². The van der Waals surface area contributed by atoms with Gasteiger partial charge in [-0.15, -0.1) is 0 Å². The summed E-state index contributed by atoms with van der Waals surface area (Å²) in [5, 5.41) is 0.535. The lowest BCUT2D eigenvalue weighted by Crippen LogP contribution is -1.93. The van der Waals surface area contributed by atoms with E-state index < -0.39 is 149 Å². The maximum absolute atomic E-state index is 9.69. The van der Waals surface area contributed by atoms with Crippen LogP contribution in [0.3, 0.4) is 0 Å². The van der Waals surface area contributed by atoms with E-state index in [-0.39, 0.29) is 60.1 Å². The Bertz CT molecular complexity index is 3520. The SMILES string of the molecule is [2H]c1c([2H])c([2H])c(-c2c([2H])c([2H])c(-c3c4ccccc4c(-c4c([2H])c([2H])c5oc6c([2H])c([2H])c([2H])c([2H])c6c5c4-c4c([2H])c([2H])c([2H])c([2H])c4[2H])c4ccccc34)c([2H])c2[2H])c([2H])c1[2H]. The molecular weight excluding hydrogens is 544 g/mol. The summed E-state index contributed by atoms with van der Waals surface area (Å²) >= 11 is 0. The molecule has 0 spiro atoms. The first kappa shape index (κ1) is 12.6. The summed E-state index contributed by atoms with van der Waals surface area (Å²) in [4.78, 5) is 0. The topological polar surface area (TPSA) is 13.1 Å². The van der Waals surface area contributed by atoms with Crippen molar-refractivity contribution in [3.8, 4) is 44.5 Å². The fourth-order valence-corrected chi connectivity index (χ4v) is 5.87. The summed E-state index contributed by atoms with van der Waals surface area (Å²) in [5.74, 6) is 0. The van der Waals surface area contributed by atoms with Gasteiger partial charge in [0, 0.05) is 16.3 Å². The second-order valence-electron chi connectivity index (χ2n) is 10.1. The predicted octanol–water partition coefficient (Wildman–Crippen LogP) is 12.6. The number of para-hydroxylation sites is 1. The van der Waals surface area contributed by atoms with Gasteiger partial charge in [0.1, 0.15) is 11.2 Å². The van der Waals surface area contributed by atoms with Crippen LogP contribution in [0, 0.1) is 0 Å². The average Bonchev–Trinajstić information content (AvgIpc) is 3.71. The van der Waals surface area contributed by atoms with Crippen LogP contribution in [-0.2, 0) is 0 Å². The maximum atomic E-state index is 9.69. The Kier molecular flexibility index (Phi) is 2.90. The van der Waals surface area contributed by atoms with Crippen LogP contribution in [0.1, 0.15) is 27.4 Å². The van der Waals surface area contributed by atoms with Gasteiger partial charge < -0.3 is 4.42 Å². The van der Waals surface area contributed by atoms with Crippen LogP contribution in [0.5, 0.6) is 0 Å². The van der Waals surface area contributed by atoms with Gasteiger partial charge in [0.05, 0.1) is 27.4 Å². The molecule has 0 fully saturated rings. The van der Waals surface area contributed by atoms with Gasteiger partial charge in [-0.1, -0.05) is 151 Å². The lowest BCUT2D eigenvalue weighted by molar-refractivity contribution is 0.669. The molecule has 0 atom stereocenters. The minimum Gasteiger partial charge on any atom is -0.456 e. The molecule has 8 aromatic carbocycles. The van der Waals surface area contributed by atoms with E-state index >= 15 is 0 Å². The molecule has 0 aliphatic rings. The fourth-order valence-electron chi connectivity index (χ4n) is 5.87. The smallest absolute Gasteiger partial charge is 0.136 e. The Morgan fingerprint density at radius 3 is 1.49 bits per heavy atom. The van der Waals surface area contributed by atoms with Crippen LogP contribution in [-0.4, -0.2) is 0 Å². The molecule has 1 nitrogen and oxygen atoms in total. The third-order valence-corrected chi connectivity index (χ3v) is 7.69. The summed E-state index contributed by atoms with van der Waals surface area (Å²) in [7, 11) is 0. The van der Waals surface area contributed by atoms with Crippen molar-refractivity contribution in [2.24, 2.45) is 0 Å². The molecule has 0 radical (unpaired) electrons. The monoisotopic (exact) mass is 592 g/mol. The van der Waals surface area contributed by atoms with Crippen molar-refractivity contribution in [2.75, 3.05) is 0 Å². The molecule has 0 saturated carbocycles. The number of hydrogen-bond donors (Lipinski definition) is 0. The molecule has 1 aromatic heterocycles. The van der Waals surface area contributed by atoms with Gasteiger partial charge >= 0.3 is 0 Å². The Balaban J connectivity index is 1.51. The van der Waals surface area contributed by atoms with Gasteiger partial charge in [-0.2, -0.15) is 0 Å². The van der Waals surface area contributed by atoms with E-state index in [1.165, 1.54) is 0 Å². The Morgan fingerprint density at radius 2 is 0.844 bits per heavy atom. The molecule has 9 aromatic rings. The van der Waals surface area contributed by atoms with Crippen molar-refractivity contribution in [3.05, 3.63) is 169 Å². The third-order valence-electron chi connectivity index (χ3n) is 7.69. The lowest BCUT2D eigenvalue weighted by Gasteiger charge is -2.20. The van der Waals surface area contributed by atoms with E-state index in [1.54, 1.807) is 48.5 Å². The van der Waals surface area contributed by atoms with Crippen LogP contribution in [0.15, 0.2) is 174 Å². The number of fused-ring (bicyclic) bond motifs is 5. The summed E-state index contributed by atoms with van der Waals surface area (Å²) in [6.07, 6.45) is 0. The number of hydrogen-bond acceptors (Lipinski definition) is 1. The molecule has 0 saturated heterocycles. The first-order chi connectivity index (χ1) is 30.7. The van der Waals surface area contributed by atoms with Gasteiger partial charge in [-0.3, -0.25) is 0 Å². The predicted molar refractivity (Wildman–Crippen MR) is 190 cm³/mol. The highest BCUT2D eigenvalue weighted by Gasteiger charge is 2.22. The molecule has 0 aliphatic carbocycles. The van der Waals surface area contributed by atoms with E-state index in [4.69, 9.17) is 20.9 Å². The minimum absolute atomic E-state index is 0.142. The lowest BCUT2D eigenvalue weighted by atomic mass is 9.82. The molecule has 0 N–H and O–H groups in total. The number of benzene rings is 8. The quantitative estimate of drug-likeness (QED) is 0.185. The highest BCUT2D eigenvalue weighted by molar-refractivity contribution is 6.25. The Morgan fingerprint density at radius 1 is 0.356 bits per heavy atom. The zero-order chi connectivity index (χ0) is 47.1. The summed E-state index contributed by atoms with van der Waals surface area (Å²) in [6.45, 7) is 0. The molecule has 0 amide bonds. The van der Waals surface area contributed by atoms with Crippen LogP contribution in [0.4, 0.5) is 0 Å². The Hall–Kier alpha value is -5.92. The fraction of sp³-hybridized carbons (Fsp3) is 0. The molecule has 1 heteroatoms. The zero-order valence-electron chi connectivity index (χ0n) is 43.0. The van der Waals surface area contributed by atoms with E-state index in [0.29, 0.717) is 0 Å². The number of furan rings is 1. The highest BCUT2D eigenvalue weighted by Crippen LogP contribution is 2.49. The third kappa shape index (κ3) is 4.09. The summed E-state index contributed by atoms with van der Waals surface area (Å²) in [5.41, 5.74) is -2.70. The van der Waals surface area contributed by atoms with E-state index in [2.05, 4.69) is 0 Å². The molecule has 9 rings (SSSR count). The normalized spacial score (nSPS) is 17.8. The largest absolute Gasteiger partial charge is 0.456 e. The molecule has 210 valence electrons. The molecule has 0 unspecified atom stereocenters. The highest BCUT2D eigenvalue weighted by atomic mass is 16.3. The van der Waals surface area contributed by atoms with Crippen molar-refractivity contribution in [3.63, 3.8) is 0 Å². The van der Waals surface area contributed by atoms with Crippen molar-refractivity contribution in [1.82, 2.24) is 0 Å². The first-order valence-electron chi connectivity index (χ1n) is 23.8. The average molecular weight is 593 g/mol. The number of rotatable bonds is 4. The molecule has 0 aliphatic heterocycles. The van der Waals surface area contributed by atoms with Gasteiger partial charge in [-0.05, 0) is 78.6 Å². The van der Waals surface area contributed by atoms with Crippen LogP contribution < -0.4 is 0 Å². The van der Waals surface area contributed by atoms with Crippen LogP contribution in [0.25, 0.3) is 88.0 Å². The molecule has 45 heavy (non-hydrogen) atoms. The van der Waals surface area contributed by atoms with Crippen molar-refractivity contribution in [1.29, 1.82) is 0 Å². The van der Waals surface area contributed by atoms with Gasteiger partial charge in [0.15, 0.2) is 0 Å². The van der Waals surface area contributed by atoms with Gasteiger partial charge in [-0.25, -0.2) is 0 Å². The van der Waals surface area contributed by atoms with Gasteiger partial charge in [0.25, 0.3) is 0 Å². The Labute approximate surface area is 289 Å². The molecule has 1 heterocycles. The second kappa shape index (κ2) is 10.4. The van der Waals surface area contributed by atoms with Crippen molar-refractivity contribution >= 4 is 43.5 Å². The second-order valence-corrected chi connectivity index (χ2v) is 10.1. The van der Waals surface area contributed by atoms with Gasteiger partial charge in [0.2, 0.25) is 0 Å². The molecular formula is C44H28O. The standard InChI is InChI=1S/C44H28O/c1-3-13-29(14-4-1)30-23-25-32(26-24-30)41-33-17-7-9-19-35(33)43(36-20-10-8-18-34(36)41)38-27-28-40-44(37-21-11-12-22-39(37)45-40)42(38)31-15-5-2-6-16-31/h1-28H/i1D,2D,3D,4D,5D,6D,11D,12D,13D,14D,15D,16D,21D,22D,23D,24D,25D,26D,27D,28D. The first-order valence-corrected chi connectivity index (χ1v) is 13.8. The zero-order valence-corrected chi connectivity index (χ0v) is 23.0. The van der Waals surface area contributed by atoms with E-state index in [9.17, 15) is 11.0 Å². The summed E-state index contributed by atoms with van der Waals surface area (Å²) < 4.78 is 182. The van der Waals surface area contributed by atoms with E-state index in [0.717, 1.165) is 0 Å². The minimum atomic E-state index is -0.753. The molecule has 0 bridgehead atoms. The maximum Gasteiger partial charge on any atom is 0.136 e. The van der Waals surface area contributed by atoms with E-state index in [1.807, 2.05) is 0 Å². The summed E-state index contributed by atoms with van der Waals surface area (Å²) in [6, 6.07) is -0.776. The van der Waals surface area contributed by atoms with Crippen molar-refractivity contribution in [2.45, 2.75) is 0 Å².